The van der Waals surface area contributed by atoms with Gasteiger partial charge in [-0.15, -0.1) is 0 Å². The maximum atomic E-state index is 5.19. The van der Waals surface area contributed by atoms with Crippen LogP contribution in [0.1, 0.15) is 5.76 Å². The zero-order valence-corrected chi connectivity index (χ0v) is 7.89. The Morgan fingerprint density at radius 1 is 1.50 bits per heavy atom. The van der Waals surface area contributed by atoms with Crippen molar-refractivity contribution in [3.8, 4) is 0 Å². The Bertz CT molecular complexity index is 303. The molecule has 1 N–H and O–H groups in total. The van der Waals surface area contributed by atoms with Crippen molar-refractivity contribution in [1.82, 2.24) is 14.9 Å². The molecule has 0 fully saturated rings. The van der Waals surface area contributed by atoms with Gasteiger partial charge in [-0.2, -0.15) is 0 Å². The molecule has 0 spiro atoms. The number of furan rings is 1. The minimum absolute atomic E-state index is 0.779. The quantitative estimate of drug-likeness (QED) is 0.724. The lowest BCUT2D eigenvalue weighted by Gasteiger charge is -2.02. The van der Waals surface area contributed by atoms with E-state index in [0.717, 1.165) is 25.4 Å². The molecular weight excluding hydrogens is 178 g/mol. The Morgan fingerprint density at radius 3 is 3.21 bits per heavy atom. The third kappa shape index (κ3) is 2.47. The number of nitrogens with one attached hydrogen (secondary N) is 1. The minimum Gasteiger partial charge on any atom is -0.468 e. The molecule has 0 aliphatic rings. The molecule has 0 aromatic carbocycles. The van der Waals surface area contributed by atoms with Crippen molar-refractivity contribution in [3.63, 3.8) is 0 Å². The minimum atomic E-state index is 0.779. The van der Waals surface area contributed by atoms with Crippen LogP contribution in [0.2, 0.25) is 0 Å². The zero-order valence-electron chi connectivity index (χ0n) is 7.89. The first-order valence-corrected chi connectivity index (χ1v) is 4.64. The first-order valence-electron chi connectivity index (χ1n) is 4.64. The molecule has 0 saturated heterocycles. The molecule has 2 aromatic rings. The topological polar surface area (TPSA) is 43.0 Å². The lowest BCUT2D eigenvalue weighted by atomic mass is 10.4. The predicted octanol–water partition coefficient (Wildman–Crippen LogP) is 1.27. The second kappa shape index (κ2) is 4.62. The number of rotatable bonds is 5. The standard InChI is InChI=1S/C10H13N3O/c1-2-10(14-7-1)8-11-3-5-13-6-4-12-9-13/h1-2,4,6-7,9,11H,3,5,8H2. The summed E-state index contributed by atoms with van der Waals surface area (Å²) >= 11 is 0. The molecule has 74 valence electrons. The van der Waals surface area contributed by atoms with E-state index in [1.54, 1.807) is 12.5 Å². The smallest absolute Gasteiger partial charge is 0.117 e. The van der Waals surface area contributed by atoms with Crippen molar-refractivity contribution in [3.05, 3.63) is 42.9 Å². The third-order valence-corrected chi connectivity index (χ3v) is 1.99. The molecule has 4 heteroatoms. The van der Waals surface area contributed by atoms with Gasteiger partial charge in [0.1, 0.15) is 5.76 Å². The Hall–Kier alpha value is -1.55. The van der Waals surface area contributed by atoms with E-state index in [-0.39, 0.29) is 0 Å². The lowest BCUT2D eigenvalue weighted by Crippen LogP contribution is -2.18. The van der Waals surface area contributed by atoms with Crippen LogP contribution in [0.25, 0.3) is 0 Å². The van der Waals surface area contributed by atoms with Crippen LogP contribution in [0.3, 0.4) is 0 Å². The van der Waals surface area contributed by atoms with Gasteiger partial charge in [-0.05, 0) is 12.1 Å². The fourth-order valence-electron chi connectivity index (χ4n) is 1.25. The maximum Gasteiger partial charge on any atom is 0.117 e. The predicted molar refractivity (Wildman–Crippen MR) is 52.6 cm³/mol. The molecule has 0 aliphatic heterocycles. The van der Waals surface area contributed by atoms with Crippen LogP contribution in [0.4, 0.5) is 0 Å². The van der Waals surface area contributed by atoms with Gasteiger partial charge in [-0.1, -0.05) is 0 Å². The van der Waals surface area contributed by atoms with E-state index in [9.17, 15) is 0 Å². The van der Waals surface area contributed by atoms with Crippen LogP contribution in [-0.4, -0.2) is 16.1 Å². The number of nitrogens with zero attached hydrogens (tertiary/aromatic N) is 2. The Kier molecular flexibility index (Phi) is 2.98. The summed E-state index contributed by atoms with van der Waals surface area (Å²) in [6.07, 6.45) is 7.24. The van der Waals surface area contributed by atoms with Gasteiger partial charge in [0.25, 0.3) is 0 Å². The third-order valence-electron chi connectivity index (χ3n) is 1.99. The molecule has 14 heavy (non-hydrogen) atoms. The summed E-state index contributed by atoms with van der Waals surface area (Å²) in [7, 11) is 0. The maximum absolute atomic E-state index is 5.19. The van der Waals surface area contributed by atoms with Gasteiger partial charge in [-0.25, -0.2) is 4.98 Å². The van der Waals surface area contributed by atoms with E-state index in [4.69, 9.17) is 4.42 Å². The van der Waals surface area contributed by atoms with Crippen molar-refractivity contribution >= 4 is 0 Å². The fourth-order valence-corrected chi connectivity index (χ4v) is 1.25. The van der Waals surface area contributed by atoms with Gasteiger partial charge < -0.3 is 14.3 Å². The molecule has 2 rings (SSSR count). The molecule has 2 aromatic heterocycles. The summed E-state index contributed by atoms with van der Waals surface area (Å²) in [5.74, 6) is 0.968. The highest BCUT2D eigenvalue weighted by Gasteiger charge is 1.94. The molecule has 4 nitrogen and oxygen atoms in total. The second-order valence-corrected chi connectivity index (χ2v) is 3.06. The SMILES string of the molecule is c1coc(CNCCn2ccnc2)c1. The molecule has 0 amide bonds. The molecule has 0 unspecified atom stereocenters. The zero-order chi connectivity index (χ0) is 9.64. The van der Waals surface area contributed by atoms with Crippen molar-refractivity contribution in [2.24, 2.45) is 0 Å². The van der Waals surface area contributed by atoms with Gasteiger partial charge in [-0.3, -0.25) is 0 Å². The van der Waals surface area contributed by atoms with Gasteiger partial charge in [0, 0.05) is 25.5 Å². The number of hydrogen-bond donors (Lipinski definition) is 1. The van der Waals surface area contributed by atoms with E-state index in [1.165, 1.54) is 0 Å². The van der Waals surface area contributed by atoms with Crippen molar-refractivity contribution in [1.29, 1.82) is 0 Å². The van der Waals surface area contributed by atoms with E-state index in [1.807, 2.05) is 29.2 Å². The van der Waals surface area contributed by atoms with Crippen LogP contribution in [0, 0.1) is 0 Å². The molecule has 0 bridgehead atoms. The fraction of sp³-hybridized carbons (Fsp3) is 0.300. The van der Waals surface area contributed by atoms with Crippen LogP contribution < -0.4 is 5.32 Å². The normalized spacial score (nSPS) is 10.6. The Labute approximate surface area is 82.6 Å². The molecule has 0 radical (unpaired) electrons. The second-order valence-electron chi connectivity index (χ2n) is 3.06. The van der Waals surface area contributed by atoms with Gasteiger partial charge >= 0.3 is 0 Å². The summed E-state index contributed by atoms with van der Waals surface area (Å²) in [6, 6.07) is 3.86. The van der Waals surface area contributed by atoms with Gasteiger partial charge in [0.2, 0.25) is 0 Å². The van der Waals surface area contributed by atoms with Crippen LogP contribution >= 0.6 is 0 Å². The summed E-state index contributed by atoms with van der Waals surface area (Å²) in [5, 5.41) is 3.28. The van der Waals surface area contributed by atoms with Gasteiger partial charge in [0.05, 0.1) is 19.1 Å². The Balaban J connectivity index is 1.65. The van der Waals surface area contributed by atoms with E-state index in [0.29, 0.717) is 0 Å². The molecular formula is C10H13N3O. The van der Waals surface area contributed by atoms with Crippen LogP contribution in [0.5, 0.6) is 0 Å². The molecule has 0 atom stereocenters. The van der Waals surface area contributed by atoms with Crippen molar-refractivity contribution in [2.45, 2.75) is 13.1 Å². The summed E-state index contributed by atoms with van der Waals surface area (Å²) < 4.78 is 7.23. The number of imidazole rings is 1. The molecule has 2 heterocycles. The largest absolute Gasteiger partial charge is 0.468 e. The van der Waals surface area contributed by atoms with E-state index in [2.05, 4.69) is 10.3 Å². The highest BCUT2D eigenvalue weighted by Crippen LogP contribution is 1.98. The average molecular weight is 191 g/mol. The molecule has 0 aliphatic carbocycles. The van der Waals surface area contributed by atoms with E-state index >= 15 is 0 Å². The lowest BCUT2D eigenvalue weighted by molar-refractivity contribution is 0.476. The summed E-state index contributed by atoms with van der Waals surface area (Å²) in [6.45, 7) is 2.62. The Morgan fingerprint density at radius 2 is 2.50 bits per heavy atom. The van der Waals surface area contributed by atoms with Crippen LogP contribution in [-0.2, 0) is 13.1 Å². The highest BCUT2D eigenvalue weighted by molar-refractivity contribution is 4.97. The van der Waals surface area contributed by atoms with Crippen LogP contribution in [0.15, 0.2) is 41.5 Å². The first-order chi connectivity index (χ1) is 6.95. The highest BCUT2D eigenvalue weighted by atomic mass is 16.3. The summed E-state index contributed by atoms with van der Waals surface area (Å²) in [5.41, 5.74) is 0. The van der Waals surface area contributed by atoms with Gasteiger partial charge in [0.15, 0.2) is 0 Å². The first kappa shape index (κ1) is 9.02. The van der Waals surface area contributed by atoms with Crippen molar-refractivity contribution < 1.29 is 4.42 Å². The number of hydrogen-bond acceptors (Lipinski definition) is 3. The number of aromatic nitrogens is 2. The monoisotopic (exact) mass is 191 g/mol. The molecule has 0 saturated carbocycles. The van der Waals surface area contributed by atoms with E-state index < -0.39 is 0 Å². The summed E-state index contributed by atoms with van der Waals surface area (Å²) in [4.78, 5) is 3.97. The van der Waals surface area contributed by atoms with Crippen molar-refractivity contribution in [2.75, 3.05) is 6.54 Å². The average Bonchev–Trinajstić information content (AvgIpc) is 2.86.